The molecule has 0 radical (unpaired) electrons. The van der Waals surface area contributed by atoms with E-state index in [1.807, 2.05) is 0 Å². The van der Waals surface area contributed by atoms with Crippen LogP contribution in [0.25, 0.3) is 66.4 Å². The average Bonchev–Trinajstić information content (AvgIpc) is 3.58. The third kappa shape index (κ3) is 6.28. The fraction of sp³-hybridized carbons (Fsp3) is 0.0492. The zero-order valence-electron chi connectivity index (χ0n) is 35.7. The van der Waals surface area contributed by atoms with Crippen LogP contribution in [0.3, 0.4) is 0 Å². The van der Waals surface area contributed by atoms with Crippen molar-refractivity contribution < 1.29 is 4.74 Å². The number of hydrogen-bond acceptors (Lipinski definition) is 3. The lowest BCUT2D eigenvalue weighted by molar-refractivity contribution is 0.489. The normalized spacial score (nSPS) is 12.8. The summed E-state index contributed by atoms with van der Waals surface area (Å²) in [7, 11) is 0. The van der Waals surface area contributed by atoms with Crippen LogP contribution < -0.4 is 15.0 Å². The molecule has 0 saturated heterocycles. The minimum absolute atomic E-state index is 0.123. The number of nitrogens with zero attached hydrogens (tertiary/aromatic N) is 1. The van der Waals surface area contributed by atoms with E-state index in [1.165, 1.54) is 38.9 Å². The van der Waals surface area contributed by atoms with Gasteiger partial charge in [-0.1, -0.05) is 178 Å². The number of benzene rings is 10. The highest BCUT2D eigenvalue weighted by molar-refractivity contribution is 6.08. The molecule has 1 aliphatic carbocycles. The van der Waals surface area contributed by atoms with Crippen LogP contribution in [0.4, 0.5) is 28.4 Å². The van der Waals surface area contributed by atoms with Gasteiger partial charge in [-0.2, -0.15) is 0 Å². The Morgan fingerprint density at radius 3 is 1.72 bits per heavy atom. The van der Waals surface area contributed by atoms with Crippen LogP contribution in [0.5, 0.6) is 11.5 Å². The first kappa shape index (κ1) is 37.6. The molecule has 0 bridgehead atoms. The molecule has 64 heavy (non-hydrogen) atoms. The summed E-state index contributed by atoms with van der Waals surface area (Å²) in [5.41, 5.74) is 19.5. The van der Waals surface area contributed by atoms with Crippen LogP contribution in [0.15, 0.2) is 224 Å². The molecule has 0 unspecified atom stereocenters. The molecule has 304 valence electrons. The molecule has 0 saturated carbocycles. The van der Waals surface area contributed by atoms with E-state index in [4.69, 9.17) is 4.74 Å². The molecule has 1 N–H and O–H groups in total. The number of anilines is 5. The van der Waals surface area contributed by atoms with Gasteiger partial charge in [0.15, 0.2) is 5.75 Å². The summed E-state index contributed by atoms with van der Waals surface area (Å²) < 4.78 is 7.18. The Balaban J connectivity index is 0.956. The largest absolute Gasteiger partial charge is 0.454 e. The zero-order chi connectivity index (χ0) is 42.8. The maximum Gasteiger partial charge on any atom is 0.159 e. The second-order valence-electron chi connectivity index (χ2n) is 17.4. The van der Waals surface area contributed by atoms with E-state index in [0.29, 0.717) is 0 Å². The van der Waals surface area contributed by atoms with Gasteiger partial charge in [-0.25, -0.2) is 0 Å². The molecule has 1 heterocycles. The van der Waals surface area contributed by atoms with Crippen molar-refractivity contribution in [3.8, 4) is 67.1 Å². The lowest BCUT2D eigenvalue weighted by Gasteiger charge is -2.30. The van der Waals surface area contributed by atoms with Crippen molar-refractivity contribution in [2.45, 2.75) is 19.3 Å². The molecule has 3 heteroatoms. The van der Waals surface area contributed by atoms with Gasteiger partial charge >= 0.3 is 0 Å². The maximum atomic E-state index is 7.18. The number of fused-ring (bicyclic) bond motifs is 5. The first-order chi connectivity index (χ1) is 31.5. The van der Waals surface area contributed by atoms with E-state index in [9.17, 15) is 0 Å². The number of rotatable bonds is 8. The SMILES string of the molecule is CC1(C)c2ccccc2-c2ccc(N(c3ccccc3)c3ccc4c(c3)Oc3c(Nc5ccc(-c6ccccc6)cc5-c5ccc(-c6ccccc6)cc5)ccc5cccc-4c35)cc21. The molecular weight excluding hydrogens is 777 g/mol. The molecule has 0 atom stereocenters. The van der Waals surface area contributed by atoms with Crippen molar-refractivity contribution in [2.75, 3.05) is 10.2 Å². The third-order valence-corrected chi connectivity index (χ3v) is 13.3. The van der Waals surface area contributed by atoms with Crippen molar-refractivity contribution in [1.82, 2.24) is 0 Å². The Hall–Kier alpha value is -8.14. The quantitative estimate of drug-likeness (QED) is 0.165. The molecule has 0 fully saturated rings. The van der Waals surface area contributed by atoms with Crippen molar-refractivity contribution >= 4 is 39.2 Å². The van der Waals surface area contributed by atoms with Crippen molar-refractivity contribution in [1.29, 1.82) is 0 Å². The summed E-state index contributed by atoms with van der Waals surface area (Å²) in [6.45, 7) is 4.68. The average molecular weight is 821 g/mol. The Labute approximate surface area is 374 Å². The summed E-state index contributed by atoms with van der Waals surface area (Å²) in [6.07, 6.45) is 0. The van der Waals surface area contributed by atoms with Crippen molar-refractivity contribution in [3.05, 3.63) is 236 Å². The highest BCUT2D eigenvalue weighted by Crippen LogP contribution is 2.54. The van der Waals surface area contributed by atoms with Gasteiger partial charge in [0.25, 0.3) is 0 Å². The van der Waals surface area contributed by atoms with Gasteiger partial charge in [-0.15, -0.1) is 0 Å². The highest BCUT2D eigenvalue weighted by Gasteiger charge is 2.36. The molecule has 0 aromatic heterocycles. The standard InChI is InChI=1S/C61H44N2O/c1-61(2)54-24-13-12-22-49(54)50-33-31-47(38-55(50)61)63(46-20-10-5-11-21-46)48-32-34-51-52-23-14-19-44-29-36-57(60(59(44)52)64-58(51)39-48)62-56-35-30-45(41-17-8-4-9-18-41)37-53(56)43-27-25-42(26-28-43)40-15-6-3-7-16-40/h3-39,62H,1-2H3. The van der Waals surface area contributed by atoms with Crippen LogP contribution in [-0.4, -0.2) is 0 Å². The van der Waals surface area contributed by atoms with E-state index in [0.717, 1.165) is 78.5 Å². The number of ether oxygens (including phenoxy) is 1. The molecule has 10 aromatic carbocycles. The van der Waals surface area contributed by atoms with E-state index < -0.39 is 0 Å². The summed E-state index contributed by atoms with van der Waals surface area (Å²) in [5, 5.41) is 6.13. The van der Waals surface area contributed by atoms with Crippen LogP contribution >= 0.6 is 0 Å². The topological polar surface area (TPSA) is 24.5 Å². The summed E-state index contributed by atoms with van der Waals surface area (Å²) in [6, 6.07) is 80.8. The Bertz CT molecular complexity index is 3390. The Morgan fingerprint density at radius 2 is 0.953 bits per heavy atom. The minimum Gasteiger partial charge on any atom is -0.454 e. The van der Waals surface area contributed by atoms with E-state index in [-0.39, 0.29) is 5.41 Å². The van der Waals surface area contributed by atoms with Crippen LogP contribution in [0, 0.1) is 0 Å². The minimum atomic E-state index is -0.123. The first-order valence-corrected chi connectivity index (χ1v) is 22.1. The molecule has 3 nitrogen and oxygen atoms in total. The maximum absolute atomic E-state index is 7.18. The molecule has 1 aliphatic heterocycles. The third-order valence-electron chi connectivity index (χ3n) is 13.3. The van der Waals surface area contributed by atoms with E-state index in [1.54, 1.807) is 0 Å². The summed E-state index contributed by atoms with van der Waals surface area (Å²) in [4.78, 5) is 2.35. The second kappa shape index (κ2) is 15.0. The Morgan fingerprint density at radius 1 is 0.375 bits per heavy atom. The monoisotopic (exact) mass is 820 g/mol. The summed E-state index contributed by atoms with van der Waals surface area (Å²) >= 11 is 0. The molecule has 10 aromatic rings. The van der Waals surface area contributed by atoms with Crippen molar-refractivity contribution in [3.63, 3.8) is 0 Å². The lowest BCUT2D eigenvalue weighted by Crippen LogP contribution is -2.16. The lowest BCUT2D eigenvalue weighted by atomic mass is 9.82. The van der Waals surface area contributed by atoms with Crippen LogP contribution in [-0.2, 0) is 5.41 Å². The van der Waals surface area contributed by atoms with Gasteiger partial charge in [0, 0.05) is 50.7 Å². The number of para-hydroxylation sites is 1. The van der Waals surface area contributed by atoms with E-state index >= 15 is 0 Å². The van der Waals surface area contributed by atoms with Crippen molar-refractivity contribution in [2.24, 2.45) is 0 Å². The molecule has 0 amide bonds. The van der Waals surface area contributed by atoms with Gasteiger partial charge in [-0.05, 0) is 116 Å². The predicted octanol–water partition coefficient (Wildman–Crippen LogP) is 17.1. The molecule has 12 rings (SSSR count). The fourth-order valence-electron chi connectivity index (χ4n) is 10.0. The summed E-state index contributed by atoms with van der Waals surface area (Å²) in [5.74, 6) is 1.64. The molecule has 0 spiro atoms. The van der Waals surface area contributed by atoms with Gasteiger partial charge in [0.05, 0.1) is 5.69 Å². The van der Waals surface area contributed by atoms with Crippen LogP contribution in [0.2, 0.25) is 0 Å². The molecular formula is C61H44N2O. The van der Waals surface area contributed by atoms with Crippen LogP contribution in [0.1, 0.15) is 25.0 Å². The molecule has 2 aliphatic rings. The highest BCUT2D eigenvalue weighted by atomic mass is 16.5. The van der Waals surface area contributed by atoms with Gasteiger partial charge in [0.2, 0.25) is 0 Å². The first-order valence-electron chi connectivity index (χ1n) is 22.1. The van der Waals surface area contributed by atoms with Gasteiger partial charge in [-0.3, -0.25) is 0 Å². The number of nitrogens with one attached hydrogen (secondary N) is 1. The smallest absolute Gasteiger partial charge is 0.159 e. The second-order valence-corrected chi connectivity index (χ2v) is 17.4. The van der Waals surface area contributed by atoms with Gasteiger partial charge in [0.1, 0.15) is 5.75 Å². The van der Waals surface area contributed by atoms with E-state index in [2.05, 4.69) is 249 Å². The number of hydrogen-bond donors (Lipinski definition) is 1. The van der Waals surface area contributed by atoms with Gasteiger partial charge < -0.3 is 15.0 Å². The predicted molar refractivity (Wildman–Crippen MR) is 268 cm³/mol. The Kier molecular flexibility index (Phi) is 8.84. The zero-order valence-corrected chi connectivity index (χ0v) is 35.7. The fourth-order valence-corrected chi connectivity index (χ4v) is 10.0.